The third-order valence-corrected chi connectivity index (χ3v) is 3.82. The summed E-state index contributed by atoms with van der Waals surface area (Å²) in [6, 6.07) is 7.43. The zero-order valence-electron chi connectivity index (χ0n) is 10.9. The van der Waals surface area contributed by atoms with Crippen LogP contribution in [0.25, 0.3) is 11.0 Å². The Kier molecular flexibility index (Phi) is 4.11. The molecule has 1 N–H and O–H groups in total. The fraction of sp³-hybridized carbons (Fsp3) is 0.214. The minimum Gasteiger partial charge on any atom is -0.481 e. The Morgan fingerprint density at radius 2 is 2.45 bits per heavy atom. The Labute approximate surface area is 120 Å². The maximum Gasteiger partial charge on any atom is 0.313 e. The number of hydrogen-bond donors (Lipinski definition) is 1. The van der Waals surface area contributed by atoms with Crippen molar-refractivity contribution in [1.82, 2.24) is 9.55 Å². The molecule has 1 heterocycles. The lowest BCUT2D eigenvalue weighted by Crippen LogP contribution is -2.05. The van der Waals surface area contributed by atoms with Crippen molar-refractivity contribution in [3.05, 3.63) is 36.4 Å². The Morgan fingerprint density at radius 1 is 1.70 bits per heavy atom. The monoisotopic (exact) mass is 287 g/mol. The van der Waals surface area contributed by atoms with Crippen LogP contribution >= 0.6 is 11.8 Å². The summed E-state index contributed by atoms with van der Waals surface area (Å²) in [5.74, 6) is -0.977. The third kappa shape index (κ3) is 2.53. The van der Waals surface area contributed by atoms with Crippen LogP contribution in [-0.4, -0.2) is 26.4 Å². The molecule has 0 aliphatic carbocycles. The number of hydrogen-bond acceptors (Lipinski definition) is 4. The van der Waals surface area contributed by atoms with E-state index >= 15 is 0 Å². The van der Waals surface area contributed by atoms with E-state index in [1.165, 1.54) is 0 Å². The second-order valence-corrected chi connectivity index (χ2v) is 5.15. The minimum atomic E-state index is -0.902. The second-order valence-electron chi connectivity index (χ2n) is 4.21. The third-order valence-electron chi connectivity index (χ3n) is 2.88. The van der Waals surface area contributed by atoms with E-state index in [0.717, 1.165) is 17.3 Å². The molecule has 0 saturated heterocycles. The van der Waals surface area contributed by atoms with Crippen LogP contribution in [0, 0.1) is 11.3 Å². The molecule has 20 heavy (non-hydrogen) atoms. The van der Waals surface area contributed by atoms with Gasteiger partial charge in [0.15, 0.2) is 5.16 Å². The lowest BCUT2D eigenvalue weighted by Gasteiger charge is -2.12. The van der Waals surface area contributed by atoms with Crippen molar-refractivity contribution in [2.75, 3.05) is 5.75 Å². The van der Waals surface area contributed by atoms with E-state index in [4.69, 9.17) is 10.4 Å². The summed E-state index contributed by atoms with van der Waals surface area (Å²) < 4.78 is 1.90. The van der Waals surface area contributed by atoms with E-state index in [9.17, 15) is 4.79 Å². The van der Waals surface area contributed by atoms with Crippen LogP contribution in [0.2, 0.25) is 0 Å². The normalized spacial score (nSPS) is 12.0. The van der Waals surface area contributed by atoms with Gasteiger partial charge in [0, 0.05) is 0 Å². The molecular formula is C14H13N3O2S. The number of allylic oxidation sites excluding steroid dienone is 1. The predicted octanol–water partition coefficient (Wildman–Crippen LogP) is 2.83. The standard InChI is InChI=1S/C14H13N3O2S/c1-3-9(2)17-11-6-4-5-10(7-15)13(11)16-14(17)20-8-12(18)19/h3-6,9H,1,8H2,2H3,(H,18,19). The molecule has 1 aromatic carbocycles. The number of aliphatic carboxylic acids is 1. The zero-order chi connectivity index (χ0) is 14.7. The highest BCUT2D eigenvalue weighted by molar-refractivity contribution is 7.99. The molecule has 102 valence electrons. The Balaban J connectivity index is 2.63. The maximum absolute atomic E-state index is 10.7. The van der Waals surface area contributed by atoms with E-state index in [0.29, 0.717) is 16.2 Å². The van der Waals surface area contributed by atoms with E-state index in [-0.39, 0.29) is 11.8 Å². The first-order chi connectivity index (χ1) is 9.58. The number of benzene rings is 1. The molecule has 5 nitrogen and oxygen atoms in total. The van der Waals surface area contributed by atoms with Crippen molar-refractivity contribution in [1.29, 1.82) is 5.26 Å². The number of nitrogens with zero attached hydrogens (tertiary/aromatic N) is 3. The highest BCUT2D eigenvalue weighted by atomic mass is 32.2. The average molecular weight is 287 g/mol. The van der Waals surface area contributed by atoms with Gasteiger partial charge in [-0.25, -0.2) is 4.98 Å². The summed E-state index contributed by atoms with van der Waals surface area (Å²) >= 11 is 1.14. The van der Waals surface area contributed by atoms with Crippen LogP contribution in [0.3, 0.4) is 0 Å². The Bertz CT molecular complexity index is 715. The van der Waals surface area contributed by atoms with Gasteiger partial charge in [0.2, 0.25) is 0 Å². The summed E-state index contributed by atoms with van der Waals surface area (Å²) in [7, 11) is 0. The highest BCUT2D eigenvalue weighted by Gasteiger charge is 2.17. The zero-order valence-corrected chi connectivity index (χ0v) is 11.7. The molecule has 0 bridgehead atoms. The fourth-order valence-corrected chi connectivity index (χ4v) is 2.73. The summed E-state index contributed by atoms with van der Waals surface area (Å²) in [5.41, 5.74) is 1.88. The fourth-order valence-electron chi connectivity index (χ4n) is 1.91. The first kappa shape index (κ1) is 14.2. The average Bonchev–Trinajstić information content (AvgIpc) is 2.82. The van der Waals surface area contributed by atoms with Gasteiger partial charge in [0.1, 0.15) is 11.6 Å². The quantitative estimate of drug-likeness (QED) is 0.675. The highest BCUT2D eigenvalue weighted by Crippen LogP contribution is 2.29. The first-order valence-electron chi connectivity index (χ1n) is 5.96. The van der Waals surface area contributed by atoms with E-state index in [1.54, 1.807) is 18.2 Å². The van der Waals surface area contributed by atoms with Crippen molar-refractivity contribution in [2.45, 2.75) is 18.1 Å². The molecule has 2 rings (SSSR count). The van der Waals surface area contributed by atoms with Crippen LogP contribution in [0.4, 0.5) is 0 Å². The van der Waals surface area contributed by atoms with Crippen LogP contribution < -0.4 is 0 Å². The summed E-state index contributed by atoms with van der Waals surface area (Å²) in [5, 5.41) is 18.5. The van der Waals surface area contributed by atoms with Crippen LogP contribution in [0.1, 0.15) is 18.5 Å². The van der Waals surface area contributed by atoms with Crippen LogP contribution in [0.5, 0.6) is 0 Å². The molecule has 1 atom stereocenters. The number of carboxylic acid groups (broad SMARTS) is 1. The number of para-hydroxylation sites is 1. The summed E-state index contributed by atoms with van der Waals surface area (Å²) in [6.07, 6.45) is 1.75. The topological polar surface area (TPSA) is 78.9 Å². The van der Waals surface area contributed by atoms with Gasteiger partial charge < -0.3 is 9.67 Å². The van der Waals surface area contributed by atoms with Crippen molar-refractivity contribution >= 4 is 28.8 Å². The SMILES string of the molecule is C=CC(C)n1c(SCC(=O)O)nc2c(C#N)cccc21. The number of rotatable bonds is 5. The van der Waals surface area contributed by atoms with Crippen molar-refractivity contribution in [3.8, 4) is 6.07 Å². The number of fused-ring (bicyclic) bond motifs is 1. The number of aromatic nitrogens is 2. The number of nitriles is 1. The molecule has 0 aliphatic heterocycles. The van der Waals surface area contributed by atoms with Crippen molar-refractivity contribution < 1.29 is 9.90 Å². The predicted molar refractivity (Wildman–Crippen MR) is 77.7 cm³/mol. The molecule has 2 aromatic rings. The minimum absolute atomic E-state index is 0.0368. The molecule has 1 aromatic heterocycles. The second kappa shape index (κ2) is 5.80. The van der Waals surface area contributed by atoms with Crippen LogP contribution in [-0.2, 0) is 4.79 Å². The number of carbonyl (C=O) groups is 1. The molecule has 1 unspecified atom stereocenters. The first-order valence-corrected chi connectivity index (χ1v) is 6.95. The molecule has 0 saturated carbocycles. The summed E-state index contributed by atoms with van der Waals surface area (Å²) in [6.45, 7) is 5.71. The lowest BCUT2D eigenvalue weighted by molar-refractivity contribution is -0.133. The van der Waals surface area contributed by atoms with Gasteiger partial charge in [-0.3, -0.25) is 4.79 Å². The maximum atomic E-state index is 10.7. The summed E-state index contributed by atoms with van der Waals surface area (Å²) in [4.78, 5) is 15.1. The lowest BCUT2D eigenvalue weighted by atomic mass is 10.2. The number of carboxylic acids is 1. The molecule has 0 aliphatic rings. The smallest absolute Gasteiger partial charge is 0.313 e. The van der Waals surface area contributed by atoms with E-state index < -0.39 is 5.97 Å². The largest absolute Gasteiger partial charge is 0.481 e. The van der Waals surface area contributed by atoms with Gasteiger partial charge in [-0.1, -0.05) is 23.9 Å². The van der Waals surface area contributed by atoms with Gasteiger partial charge >= 0.3 is 5.97 Å². The van der Waals surface area contributed by atoms with Crippen LogP contribution in [0.15, 0.2) is 36.0 Å². The number of thioether (sulfide) groups is 1. The molecular weight excluding hydrogens is 274 g/mol. The van der Waals surface area contributed by atoms with Crippen molar-refractivity contribution in [3.63, 3.8) is 0 Å². The molecule has 0 spiro atoms. The Morgan fingerprint density at radius 3 is 3.05 bits per heavy atom. The van der Waals surface area contributed by atoms with Crippen molar-refractivity contribution in [2.24, 2.45) is 0 Å². The van der Waals surface area contributed by atoms with Gasteiger partial charge in [0.05, 0.1) is 22.9 Å². The van der Waals surface area contributed by atoms with Gasteiger partial charge in [-0.2, -0.15) is 5.26 Å². The molecule has 6 heteroatoms. The number of imidazole rings is 1. The molecule has 0 radical (unpaired) electrons. The van der Waals surface area contributed by atoms with Gasteiger partial charge in [-0.15, -0.1) is 6.58 Å². The van der Waals surface area contributed by atoms with Gasteiger partial charge in [-0.05, 0) is 19.1 Å². The van der Waals surface area contributed by atoms with E-state index in [1.807, 2.05) is 17.6 Å². The van der Waals surface area contributed by atoms with Gasteiger partial charge in [0.25, 0.3) is 0 Å². The Hall–Kier alpha value is -2.26. The molecule has 0 amide bonds. The van der Waals surface area contributed by atoms with E-state index in [2.05, 4.69) is 17.6 Å². The molecule has 0 fully saturated rings.